The highest BCUT2D eigenvalue weighted by atomic mass is 16.2. The summed E-state index contributed by atoms with van der Waals surface area (Å²) in [6.07, 6.45) is 3.86. The molecule has 7 nitrogen and oxygen atoms in total. The van der Waals surface area contributed by atoms with Crippen LogP contribution in [0.15, 0.2) is 17.1 Å². The number of hydrogen-bond donors (Lipinski definition) is 1. The van der Waals surface area contributed by atoms with E-state index in [0.29, 0.717) is 12.2 Å². The lowest BCUT2D eigenvalue weighted by atomic mass is 10.1. The summed E-state index contributed by atoms with van der Waals surface area (Å²) in [7, 11) is 3.56. The van der Waals surface area contributed by atoms with Gasteiger partial charge in [-0.05, 0) is 19.8 Å². The van der Waals surface area contributed by atoms with Crippen molar-refractivity contribution in [3.8, 4) is 0 Å². The molecule has 1 fully saturated rings. The minimum absolute atomic E-state index is 0.0382. The van der Waals surface area contributed by atoms with Gasteiger partial charge in [0, 0.05) is 38.5 Å². The third-order valence-electron chi connectivity index (χ3n) is 4.05. The highest BCUT2D eigenvalue weighted by Gasteiger charge is 2.33. The van der Waals surface area contributed by atoms with Crippen LogP contribution >= 0.6 is 0 Å². The van der Waals surface area contributed by atoms with E-state index in [1.165, 1.54) is 10.7 Å². The molecule has 3 heterocycles. The third-order valence-corrected chi connectivity index (χ3v) is 4.05. The number of nitrogens with one attached hydrogen (secondary N) is 1. The molecular formula is C14H19N5O2. The van der Waals surface area contributed by atoms with Crippen LogP contribution in [0.4, 0.5) is 0 Å². The molecule has 1 N–H and O–H groups in total. The van der Waals surface area contributed by atoms with Crippen LogP contribution in [-0.2, 0) is 14.1 Å². The molecule has 112 valence electrons. The first kappa shape index (κ1) is 13.7. The van der Waals surface area contributed by atoms with E-state index in [1.807, 2.05) is 25.1 Å². The van der Waals surface area contributed by atoms with Crippen LogP contribution in [-0.4, -0.2) is 36.9 Å². The van der Waals surface area contributed by atoms with E-state index < -0.39 is 0 Å². The van der Waals surface area contributed by atoms with Crippen molar-refractivity contribution in [1.29, 1.82) is 0 Å². The van der Waals surface area contributed by atoms with Crippen LogP contribution in [0, 0.1) is 6.92 Å². The Morgan fingerprint density at radius 1 is 1.43 bits per heavy atom. The number of carbonyl (C=O) groups excluding carboxylic acids is 1. The van der Waals surface area contributed by atoms with E-state index in [4.69, 9.17) is 0 Å². The highest BCUT2D eigenvalue weighted by Crippen LogP contribution is 2.34. The van der Waals surface area contributed by atoms with Gasteiger partial charge in [0.05, 0.1) is 11.7 Å². The van der Waals surface area contributed by atoms with Gasteiger partial charge in [0.15, 0.2) is 0 Å². The van der Waals surface area contributed by atoms with Gasteiger partial charge in [-0.1, -0.05) is 0 Å². The lowest BCUT2D eigenvalue weighted by Gasteiger charge is -2.24. The van der Waals surface area contributed by atoms with Gasteiger partial charge in [-0.3, -0.25) is 24.1 Å². The Bertz CT molecular complexity index is 739. The van der Waals surface area contributed by atoms with Gasteiger partial charge >= 0.3 is 0 Å². The van der Waals surface area contributed by atoms with E-state index in [9.17, 15) is 9.59 Å². The summed E-state index contributed by atoms with van der Waals surface area (Å²) in [5, 5.41) is 6.94. The van der Waals surface area contributed by atoms with Crippen molar-refractivity contribution in [3.05, 3.63) is 39.6 Å². The van der Waals surface area contributed by atoms with Crippen molar-refractivity contribution in [2.75, 3.05) is 6.54 Å². The standard InChI is InChI=1S/C14H19N5O2/c1-9-10(8-17(2)15-9)11-5-4-6-19(11)14(21)12-7-13(20)16-18(12)3/h7-8,11H,4-6H2,1-3H3,(H,16,20). The van der Waals surface area contributed by atoms with Crippen molar-refractivity contribution in [2.24, 2.45) is 14.1 Å². The van der Waals surface area contributed by atoms with Crippen LogP contribution in [0.3, 0.4) is 0 Å². The molecule has 1 amide bonds. The summed E-state index contributed by atoms with van der Waals surface area (Å²) < 4.78 is 3.26. The first-order valence-electron chi connectivity index (χ1n) is 7.04. The molecule has 2 aromatic heterocycles. The van der Waals surface area contributed by atoms with Gasteiger partial charge in [-0.25, -0.2) is 0 Å². The molecule has 0 aromatic carbocycles. The fourth-order valence-corrected chi connectivity index (χ4v) is 3.11. The Morgan fingerprint density at radius 3 is 2.76 bits per heavy atom. The molecule has 1 saturated heterocycles. The fraction of sp³-hybridized carbons (Fsp3) is 0.500. The van der Waals surface area contributed by atoms with E-state index in [2.05, 4.69) is 10.2 Å². The zero-order valence-corrected chi connectivity index (χ0v) is 12.5. The lowest BCUT2D eigenvalue weighted by molar-refractivity contribution is 0.0724. The molecule has 1 atom stereocenters. The summed E-state index contributed by atoms with van der Waals surface area (Å²) >= 11 is 0. The normalized spacial score (nSPS) is 18.4. The molecule has 0 radical (unpaired) electrons. The number of carbonyl (C=O) groups is 1. The first-order valence-corrected chi connectivity index (χ1v) is 7.04. The van der Waals surface area contributed by atoms with Gasteiger partial charge in [0.1, 0.15) is 5.69 Å². The van der Waals surface area contributed by atoms with Crippen molar-refractivity contribution >= 4 is 5.91 Å². The number of rotatable bonds is 2. The van der Waals surface area contributed by atoms with Crippen LogP contribution in [0.25, 0.3) is 0 Å². The predicted octanol–water partition coefficient (Wildman–Crippen LogP) is 0.733. The molecule has 1 aliphatic rings. The maximum atomic E-state index is 12.7. The van der Waals surface area contributed by atoms with Gasteiger partial charge in [0.2, 0.25) is 0 Å². The number of nitrogens with zero attached hydrogens (tertiary/aromatic N) is 4. The molecular weight excluding hydrogens is 270 g/mol. The maximum absolute atomic E-state index is 12.7. The van der Waals surface area contributed by atoms with Crippen molar-refractivity contribution < 1.29 is 4.79 Å². The summed E-state index contributed by atoms with van der Waals surface area (Å²) in [5.74, 6) is -0.110. The second-order valence-corrected chi connectivity index (χ2v) is 5.56. The van der Waals surface area contributed by atoms with Crippen molar-refractivity contribution in [2.45, 2.75) is 25.8 Å². The topological polar surface area (TPSA) is 75.9 Å². The molecule has 7 heteroatoms. The van der Waals surface area contributed by atoms with Gasteiger partial charge in [-0.2, -0.15) is 5.10 Å². The minimum atomic E-state index is -0.255. The van der Waals surface area contributed by atoms with Crippen molar-refractivity contribution in [1.82, 2.24) is 24.5 Å². The van der Waals surface area contributed by atoms with E-state index in [1.54, 1.807) is 11.7 Å². The molecule has 21 heavy (non-hydrogen) atoms. The van der Waals surface area contributed by atoms with Gasteiger partial charge < -0.3 is 4.90 Å². The Hall–Kier alpha value is -2.31. The number of hydrogen-bond acceptors (Lipinski definition) is 3. The molecule has 0 saturated carbocycles. The predicted molar refractivity (Wildman–Crippen MR) is 77.0 cm³/mol. The van der Waals surface area contributed by atoms with Crippen LogP contribution in [0.1, 0.15) is 40.6 Å². The average molecular weight is 289 g/mol. The SMILES string of the molecule is Cc1nn(C)cc1C1CCCN1C(=O)c1cc(=O)[nH]n1C. The smallest absolute Gasteiger partial charge is 0.272 e. The Morgan fingerprint density at radius 2 is 2.19 bits per heavy atom. The quantitative estimate of drug-likeness (QED) is 0.885. The second-order valence-electron chi connectivity index (χ2n) is 5.56. The number of amides is 1. The number of likely N-dealkylation sites (tertiary alicyclic amines) is 1. The van der Waals surface area contributed by atoms with E-state index >= 15 is 0 Å². The largest absolute Gasteiger partial charge is 0.330 e. The Labute approximate surface area is 122 Å². The molecule has 0 spiro atoms. The molecule has 1 aliphatic heterocycles. The molecule has 0 bridgehead atoms. The first-order chi connectivity index (χ1) is 9.97. The van der Waals surface area contributed by atoms with Crippen LogP contribution in [0.5, 0.6) is 0 Å². The zero-order valence-electron chi connectivity index (χ0n) is 12.5. The fourth-order valence-electron chi connectivity index (χ4n) is 3.11. The average Bonchev–Trinajstić information content (AvgIpc) is 3.08. The third kappa shape index (κ3) is 2.28. The van der Waals surface area contributed by atoms with Crippen LogP contribution < -0.4 is 5.56 Å². The van der Waals surface area contributed by atoms with Crippen molar-refractivity contribution in [3.63, 3.8) is 0 Å². The molecule has 1 unspecified atom stereocenters. The number of aryl methyl sites for hydroxylation is 3. The summed E-state index contributed by atoms with van der Waals surface area (Å²) in [6, 6.07) is 1.39. The van der Waals surface area contributed by atoms with Crippen LogP contribution in [0.2, 0.25) is 0 Å². The monoisotopic (exact) mass is 289 g/mol. The maximum Gasteiger partial charge on any atom is 0.272 e. The Balaban J connectivity index is 1.94. The summed E-state index contributed by atoms with van der Waals surface area (Å²) in [6.45, 7) is 2.67. The second kappa shape index (κ2) is 4.91. The molecule has 0 aliphatic carbocycles. The zero-order chi connectivity index (χ0) is 15.1. The Kier molecular flexibility index (Phi) is 3.19. The minimum Gasteiger partial charge on any atom is -0.330 e. The number of aromatic nitrogens is 4. The number of aromatic amines is 1. The number of H-pyrrole nitrogens is 1. The van der Waals surface area contributed by atoms with Gasteiger partial charge in [0.25, 0.3) is 11.5 Å². The molecule has 3 rings (SSSR count). The van der Waals surface area contributed by atoms with E-state index in [-0.39, 0.29) is 17.5 Å². The lowest BCUT2D eigenvalue weighted by Crippen LogP contribution is -2.32. The summed E-state index contributed by atoms with van der Waals surface area (Å²) in [4.78, 5) is 25.9. The molecule has 2 aromatic rings. The van der Waals surface area contributed by atoms with Gasteiger partial charge in [-0.15, -0.1) is 0 Å². The highest BCUT2D eigenvalue weighted by molar-refractivity contribution is 5.93. The summed E-state index contributed by atoms with van der Waals surface area (Å²) in [5.41, 5.74) is 2.18. The van der Waals surface area contributed by atoms with E-state index in [0.717, 1.165) is 24.1 Å².